The number of halogens is 6. The molecule has 0 aliphatic carbocycles. The Morgan fingerprint density at radius 1 is 0.939 bits per heavy atom. The summed E-state index contributed by atoms with van der Waals surface area (Å²) in [5.41, 5.74) is -1.69. The van der Waals surface area contributed by atoms with Crippen molar-refractivity contribution in [3.8, 4) is 11.1 Å². The first kappa shape index (κ1) is 26.4. The van der Waals surface area contributed by atoms with Crippen molar-refractivity contribution in [3.05, 3.63) is 58.7 Å². The first-order chi connectivity index (χ1) is 15.3. The van der Waals surface area contributed by atoms with E-state index in [1.165, 1.54) is 13.0 Å². The maximum Gasteiger partial charge on any atom is 0.416 e. The van der Waals surface area contributed by atoms with Crippen molar-refractivity contribution in [1.29, 1.82) is 0 Å². The van der Waals surface area contributed by atoms with E-state index in [2.05, 4.69) is 5.32 Å². The standard InChI is InChI=1S/C23H23F6NO3/c1-3-33-21(32)10-15-8-16(11-19(9-15)23(27,28)29)20-5-4-18(22(24,25)26)12-17(20)13-30-7-6-14(2)31/h4-5,8-9,11-12,30H,3,6-7,10,13H2,1-2H3. The highest BCUT2D eigenvalue weighted by Gasteiger charge is 2.33. The third-order valence-electron chi connectivity index (χ3n) is 4.69. The molecule has 0 heterocycles. The van der Waals surface area contributed by atoms with Crippen molar-refractivity contribution in [2.24, 2.45) is 0 Å². The summed E-state index contributed by atoms with van der Waals surface area (Å²) in [7, 11) is 0. The smallest absolute Gasteiger partial charge is 0.416 e. The van der Waals surface area contributed by atoms with Gasteiger partial charge in [-0.3, -0.25) is 9.59 Å². The second-order valence-corrected chi connectivity index (χ2v) is 7.40. The van der Waals surface area contributed by atoms with Crippen molar-refractivity contribution < 1.29 is 40.7 Å². The summed E-state index contributed by atoms with van der Waals surface area (Å²) in [6.07, 6.45) is -9.64. The van der Waals surface area contributed by atoms with Crippen LogP contribution in [0.5, 0.6) is 0 Å². The topological polar surface area (TPSA) is 55.4 Å². The molecule has 33 heavy (non-hydrogen) atoms. The summed E-state index contributed by atoms with van der Waals surface area (Å²) in [4.78, 5) is 22.9. The van der Waals surface area contributed by atoms with Crippen molar-refractivity contribution in [3.63, 3.8) is 0 Å². The Hall–Kier alpha value is -2.88. The molecule has 2 aromatic carbocycles. The van der Waals surface area contributed by atoms with E-state index in [1.54, 1.807) is 6.92 Å². The van der Waals surface area contributed by atoms with Gasteiger partial charge in [0.25, 0.3) is 0 Å². The predicted octanol–water partition coefficient (Wildman–Crippen LogP) is 5.57. The molecule has 2 aromatic rings. The van der Waals surface area contributed by atoms with Crippen LogP contribution >= 0.6 is 0 Å². The maximum absolute atomic E-state index is 13.5. The summed E-state index contributed by atoms with van der Waals surface area (Å²) in [5.74, 6) is -0.838. The second-order valence-electron chi connectivity index (χ2n) is 7.40. The molecule has 0 radical (unpaired) electrons. The number of esters is 1. The number of nitrogens with one attached hydrogen (secondary N) is 1. The summed E-state index contributed by atoms with van der Waals surface area (Å²) in [6.45, 7) is 3.07. The molecule has 0 unspecified atom stereocenters. The van der Waals surface area contributed by atoms with Gasteiger partial charge >= 0.3 is 18.3 Å². The molecule has 0 bridgehead atoms. The van der Waals surface area contributed by atoms with Crippen LogP contribution in [0.3, 0.4) is 0 Å². The molecule has 0 amide bonds. The van der Waals surface area contributed by atoms with E-state index in [-0.39, 0.29) is 54.2 Å². The van der Waals surface area contributed by atoms with Gasteiger partial charge in [-0.15, -0.1) is 0 Å². The number of alkyl halides is 6. The minimum Gasteiger partial charge on any atom is -0.466 e. The number of ketones is 1. The van der Waals surface area contributed by atoms with Gasteiger partial charge < -0.3 is 10.1 Å². The van der Waals surface area contributed by atoms with Gasteiger partial charge in [0.15, 0.2) is 0 Å². The second kappa shape index (κ2) is 10.8. The van der Waals surface area contributed by atoms with Crippen molar-refractivity contribution in [2.45, 2.75) is 45.6 Å². The average molecular weight is 475 g/mol. The Kier molecular flexibility index (Phi) is 8.65. The summed E-state index contributed by atoms with van der Waals surface area (Å²) in [6, 6.07) is 5.73. The Labute approximate surface area is 186 Å². The highest BCUT2D eigenvalue weighted by Crippen LogP contribution is 2.37. The average Bonchev–Trinajstić information content (AvgIpc) is 2.69. The van der Waals surface area contributed by atoms with Crippen molar-refractivity contribution >= 4 is 11.8 Å². The van der Waals surface area contributed by atoms with E-state index in [4.69, 9.17) is 4.74 Å². The molecule has 180 valence electrons. The first-order valence-electron chi connectivity index (χ1n) is 10.1. The third kappa shape index (κ3) is 7.88. The molecule has 2 rings (SSSR count). The number of carbonyl (C=O) groups excluding carboxylic acids is 2. The van der Waals surface area contributed by atoms with Gasteiger partial charge in [-0.2, -0.15) is 26.3 Å². The van der Waals surface area contributed by atoms with E-state index >= 15 is 0 Å². The summed E-state index contributed by atoms with van der Waals surface area (Å²) >= 11 is 0. The lowest BCUT2D eigenvalue weighted by molar-refractivity contribution is -0.142. The SMILES string of the molecule is CCOC(=O)Cc1cc(-c2ccc(C(F)(F)F)cc2CNCCC(C)=O)cc(C(F)(F)F)c1. The molecule has 1 N–H and O–H groups in total. The summed E-state index contributed by atoms with van der Waals surface area (Å²) in [5, 5.41) is 2.85. The predicted molar refractivity (Wildman–Crippen MR) is 109 cm³/mol. The fourth-order valence-electron chi connectivity index (χ4n) is 3.18. The highest BCUT2D eigenvalue weighted by molar-refractivity contribution is 5.76. The zero-order chi connectivity index (χ0) is 24.8. The van der Waals surface area contributed by atoms with E-state index in [0.29, 0.717) is 0 Å². The Balaban J connectivity index is 2.54. The van der Waals surface area contributed by atoms with Gasteiger partial charge in [0.1, 0.15) is 5.78 Å². The van der Waals surface area contributed by atoms with Crippen LogP contribution in [0.25, 0.3) is 11.1 Å². The van der Waals surface area contributed by atoms with Gasteiger partial charge in [-0.25, -0.2) is 0 Å². The van der Waals surface area contributed by atoms with Gasteiger partial charge in [0.2, 0.25) is 0 Å². The molecule has 10 heteroatoms. The van der Waals surface area contributed by atoms with E-state index < -0.39 is 35.9 Å². The molecule has 0 saturated heterocycles. The van der Waals surface area contributed by atoms with Gasteiger partial charge in [-0.1, -0.05) is 12.1 Å². The van der Waals surface area contributed by atoms with Crippen LogP contribution in [0.2, 0.25) is 0 Å². The lowest BCUT2D eigenvalue weighted by atomic mass is 9.93. The minimum atomic E-state index is -4.73. The van der Waals surface area contributed by atoms with Gasteiger partial charge in [0.05, 0.1) is 24.2 Å². The van der Waals surface area contributed by atoms with Gasteiger partial charge in [0, 0.05) is 19.5 Å². The van der Waals surface area contributed by atoms with Crippen molar-refractivity contribution in [1.82, 2.24) is 5.32 Å². The van der Waals surface area contributed by atoms with Crippen LogP contribution in [0.1, 0.15) is 42.5 Å². The highest BCUT2D eigenvalue weighted by atomic mass is 19.4. The number of carbonyl (C=O) groups is 2. The number of ether oxygens (including phenoxy) is 1. The molecule has 0 atom stereocenters. The quantitative estimate of drug-likeness (QED) is 0.293. The largest absolute Gasteiger partial charge is 0.466 e. The maximum atomic E-state index is 13.5. The molecule has 0 spiro atoms. The van der Waals surface area contributed by atoms with Crippen LogP contribution in [-0.2, 0) is 39.6 Å². The van der Waals surface area contributed by atoms with Gasteiger partial charge in [-0.05, 0) is 60.4 Å². The molecule has 0 saturated carbocycles. The Bertz CT molecular complexity index is 999. The molecule has 0 aromatic heterocycles. The molecule has 0 fully saturated rings. The number of hydrogen-bond donors (Lipinski definition) is 1. The van der Waals surface area contributed by atoms with Crippen LogP contribution in [-0.4, -0.2) is 24.9 Å². The Morgan fingerprint density at radius 2 is 1.61 bits per heavy atom. The molecular formula is C23H23F6NO3. The van der Waals surface area contributed by atoms with E-state index in [1.807, 2.05) is 0 Å². The van der Waals surface area contributed by atoms with Crippen LogP contribution < -0.4 is 5.32 Å². The zero-order valence-electron chi connectivity index (χ0n) is 18.0. The summed E-state index contributed by atoms with van der Waals surface area (Å²) < 4.78 is 84.9. The number of Topliss-reactive ketones (excluding diaryl/α,β-unsaturated/α-hetero) is 1. The third-order valence-corrected chi connectivity index (χ3v) is 4.69. The van der Waals surface area contributed by atoms with Crippen molar-refractivity contribution in [2.75, 3.05) is 13.2 Å². The fraction of sp³-hybridized carbons (Fsp3) is 0.391. The molecular weight excluding hydrogens is 452 g/mol. The van der Waals surface area contributed by atoms with E-state index in [0.717, 1.165) is 30.3 Å². The molecule has 0 aliphatic rings. The normalized spacial score (nSPS) is 12.0. The number of benzene rings is 2. The minimum absolute atomic E-state index is 0.0150. The van der Waals surface area contributed by atoms with E-state index in [9.17, 15) is 35.9 Å². The molecule has 4 nitrogen and oxygen atoms in total. The number of rotatable bonds is 9. The lowest BCUT2D eigenvalue weighted by Gasteiger charge is -2.17. The zero-order valence-corrected chi connectivity index (χ0v) is 18.0. The van der Waals surface area contributed by atoms with Crippen LogP contribution in [0, 0.1) is 0 Å². The lowest BCUT2D eigenvalue weighted by Crippen LogP contribution is -2.18. The first-order valence-corrected chi connectivity index (χ1v) is 10.1. The monoisotopic (exact) mass is 475 g/mol. The Morgan fingerprint density at radius 3 is 2.18 bits per heavy atom. The number of hydrogen-bond acceptors (Lipinski definition) is 4. The van der Waals surface area contributed by atoms with Crippen LogP contribution in [0.4, 0.5) is 26.3 Å². The fourth-order valence-corrected chi connectivity index (χ4v) is 3.18. The molecule has 0 aliphatic heterocycles. The van der Waals surface area contributed by atoms with Crippen LogP contribution in [0.15, 0.2) is 36.4 Å².